The summed E-state index contributed by atoms with van der Waals surface area (Å²) >= 11 is 0. The molecular formula is C28H31FN2O4. The summed E-state index contributed by atoms with van der Waals surface area (Å²) in [6.45, 7) is 3.22. The van der Waals surface area contributed by atoms with E-state index in [1.165, 1.54) is 24.3 Å². The molecule has 1 amide bonds. The molecule has 2 aromatic rings. The summed E-state index contributed by atoms with van der Waals surface area (Å²) < 4.78 is 25.0. The molecule has 2 aromatic carbocycles. The number of fused-ring (bicyclic) bond motifs is 1. The van der Waals surface area contributed by atoms with Gasteiger partial charge in [0.1, 0.15) is 22.9 Å². The van der Waals surface area contributed by atoms with Crippen molar-refractivity contribution >= 4 is 11.7 Å². The number of rotatable bonds is 7. The number of Topliss-reactive ketones (excluding diaryl/α,β-unsaturated/α-hetero) is 1. The molecule has 1 N–H and O–H groups in total. The third kappa shape index (κ3) is 5.40. The third-order valence-electron chi connectivity index (χ3n) is 7.07. The van der Waals surface area contributed by atoms with E-state index in [1.807, 2.05) is 18.2 Å². The Morgan fingerprint density at radius 2 is 1.83 bits per heavy atom. The average Bonchev–Trinajstić information content (AvgIpc) is 3.52. The molecule has 35 heavy (non-hydrogen) atoms. The number of piperidine rings is 1. The van der Waals surface area contributed by atoms with E-state index in [2.05, 4.69) is 10.2 Å². The van der Waals surface area contributed by atoms with Crippen LogP contribution in [0.3, 0.4) is 0 Å². The van der Waals surface area contributed by atoms with Crippen LogP contribution in [0.25, 0.3) is 0 Å². The Bertz CT molecular complexity index is 1110. The van der Waals surface area contributed by atoms with E-state index >= 15 is 0 Å². The summed E-state index contributed by atoms with van der Waals surface area (Å²) in [6.07, 6.45) is 6.72. The van der Waals surface area contributed by atoms with Gasteiger partial charge in [-0.3, -0.25) is 9.59 Å². The molecule has 0 spiro atoms. The second kappa shape index (κ2) is 10.6. The van der Waals surface area contributed by atoms with Gasteiger partial charge in [-0.1, -0.05) is 6.07 Å². The number of hydrogen-bond acceptors (Lipinski definition) is 5. The van der Waals surface area contributed by atoms with Crippen molar-refractivity contribution in [2.24, 2.45) is 0 Å². The van der Waals surface area contributed by atoms with E-state index < -0.39 is 0 Å². The highest BCUT2D eigenvalue weighted by Crippen LogP contribution is 2.41. The molecule has 1 aliphatic carbocycles. The van der Waals surface area contributed by atoms with Crippen molar-refractivity contribution in [3.05, 3.63) is 70.7 Å². The van der Waals surface area contributed by atoms with E-state index in [9.17, 15) is 14.0 Å². The molecule has 0 radical (unpaired) electrons. The van der Waals surface area contributed by atoms with Crippen LogP contribution in [0.5, 0.6) is 11.5 Å². The molecule has 2 aliphatic heterocycles. The normalized spacial score (nSPS) is 18.5. The zero-order chi connectivity index (χ0) is 24.2. The maximum absolute atomic E-state index is 13.1. The number of ketones is 1. The predicted molar refractivity (Wildman–Crippen MR) is 130 cm³/mol. The molecule has 7 heteroatoms. The number of nitrogens with one attached hydrogen (secondary N) is 1. The van der Waals surface area contributed by atoms with Crippen molar-refractivity contribution < 1.29 is 23.5 Å². The molecule has 5 rings (SSSR count). The van der Waals surface area contributed by atoms with Crippen LogP contribution in [0.1, 0.15) is 65.7 Å². The van der Waals surface area contributed by atoms with Gasteiger partial charge in [0.25, 0.3) is 5.91 Å². The van der Waals surface area contributed by atoms with Crippen LogP contribution in [0.4, 0.5) is 4.39 Å². The maximum atomic E-state index is 13.1. The summed E-state index contributed by atoms with van der Waals surface area (Å²) in [4.78, 5) is 27.7. The minimum Gasteiger partial charge on any atom is -0.493 e. The Labute approximate surface area is 205 Å². The van der Waals surface area contributed by atoms with Gasteiger partial charge >= 0.3 is 0 Å². The molecule has 0 bridgehead atoms. The Morgan fingerprint density at radius 1 is 1.09 bits per heavy atom. The standard InChI is InChI=1S/C28H31FN2O4/c29-21-11-9-20(10-12-21)28(33)30-22-13-16-31(17-14-22)15-4-18-34-23-7-3-8-24-25(23)26(32)27(35-24)19-5-1-2-6-19/h3,7-12,22H,1-2,4-6,13-18H2,(H,30,33). The molecule has 184 valence electrons. The van der Waals surface area contributed by atoms with Crippen LogP contribution in [0, 0.1) is 5.82 Å². The lowest BCUT2D eigenvalue weighted by atomic mass is 10.0. The molecule has 1 saturated heterocycles. The lowest BCUT2D eigenvalue weighted by molar-refractivity contribution is 0.0909. The fourth-order valence-electron chi connectivity index (χ4n) is 5.11. The first-order valence-corrected chi connectivity index (χ1v) is 12.6. The van der Waals surface area contributed by atoms with Crippen molar-refractivity contribution in [1.82, 2.24) is 10.2 Å². The smallest absolute Gasteiger partial charge is 0.251 e. The van der Waals surface area contributed by atoms with Gasteiger partial charge in [-0.15, -0.1) is 0 Å². The third-order valence-corrected chi connectivity index (χ3v) is 7.07. The van der Waals surface area contributed by atoms with Gasteiger partial charge in [0.05, 0.1) is 6.61 Å². The zero-order valence-electron chi connectivity index (χ0n) is 19.9. The van der Waals surface area contributed by atoms with Crippen LogP contribution in [-0.4, -0.2) is 48.9 Å². The molecule has 6 nitrogen and oxygen atoms in total. The highest BCUT2D eigenvalue weighted by Gasteiger charge is 2.34. The summed E-state index contributed by atoms with van der Waals surface area (Å²) in [5.41, 5.74) is 2.17. The number of likely N-dealkylation sites (tertiary alicyclic amines) is 1. The van der Waals surface area contributed by atoms with Gasteiger partial charge in [0, 0.05) is 31.2 Å². The summed E-state index contributed by atoms with van der Waals surface area (Å²) in [6, 6.07) is 11.3. The lowest BCUT2D eigenvalue weighted by Gasteiger charge is -2.32. The second-order valence-electron chi connectivity index (χ2n) is 9.50. The van der Waals surface area contributed by atoms with Gasteiger partial charge < -0.3 is 19.7 Å². The number of halogens is 1. The van der Waals surface area contributed by atoms with Gasteiger partial charge in [-0.25, -0.2) is 4.39 Å². The summed E-state index contributed by atoms with van der Waals surface area (Å²) in [5.74, 6) is 1.18. The first-order valence-electron chi connectivity index (χ1n) is 12.6. The van der Waals surface area contributed by atoms with Crippen LogP contribution in [0.2, 0.25) is 0 Å². The summed E-state index contributed by atoms with van der Waals surface area (Å²) in [7, 11) is 0. The van der Waals surface area contributed by atoms with Crippen LogP contribution < -0.4 is 14.8 Å². The minimum atomic E-state index is -0.346. The first kappa shape index (κ1) is 23.5. The molecule has 0 unspecified atom stereocenters. The SMILES string of the molecule is O=C(NC1CCN(CCCOc2cccc3c2C(=O)C(=C2CCCC2)O3)CC1)c1ccc(F)cc1. The van der Waals surface area contributed by atoms with E-state index in [4.69, 9.17) is 9.47 Å². The number of hydrogen-bond donors (Lipinski definition) is 1. The number of nitrogens with zero attached hydrogens (tertiary/aromatic N) is 1. The highest BCUT2D eigenvalue weighted by atomic mass is 19.1. The van der Waals surface area contributed by atoms with Crippen LogP contribution in [-0.2, 0) is 0 Å². The highest BCUT2D eigenvalue weighted by molar-refractivity contribution is 6.14. The Kier molecular flexibility index (Phi) is 7.13. The topological polar surface area (TPSA) is 67.9 Å². The van der Waals surface area contributed by atoms with Crippen molar-refractivity contribution in [2.75, 3.05) is 26.2 Å². The fourth-order valence-corrected chi connectivity index (χ4v) is 5.11. The van der Waals surface area contributed by atoms with Crippen LogP contribution in [0.15, 0.2) is 53.8 Å². The van der Waals surface area contributed by atoms with E-state index in [-0.39, 0.29) is 23.5 Å². The summed E-state index contributed by atoms with van der Waals surface area (Å²) in [5, 5.41) is 3.06. The minimum absolute atomic E-state index is 0.0442. The van der Waals surface area contributed by atoms with Gasteiger partial charge in [-0.05, 0) is 86.9 Å². The first-order chi connectivity index (χ1) is 17.1. The van der Waals surface area contributed by atoms with Crippen molar-refractivity contribution in [3.63, 3.8) is 0 Å². The van der Waals surface area contributed by atoms with E-state index in [1.54, 1.807) is 0 Å². The van der Waals surface area contributed by atoms with Crippen molar-refractivity contribution in [1.29, 1.82) is 0 Å². The number of benzene rings is 2. The fraction of sp³-hybridized carbons (Fsp3) is 0.429. The Hall–Kier alpha value is -3.19. The lowest BCUT2D eigenvalue weighted by Crippen LogP contribution is -2.45. The van der Waals surface area contributed by atoms with Gasteiger partial charge in [0.2, 0.25) is 5.78 Å². The molecule has 1 saturated carbocycles. The van der Waals surface area contributed by atoms with E-state index in [0.29, 0.717) is 35.0 Å². The molecular weight excluding hydrogens is 447 g/mol. The Morgan fingerprint density at radius 3 is 2.57 bits per heavy atom. The number of carbonyl (C=O) groups excluding carboxylic acids is 2. The molecule has 0 atom stereocenters. The number of carbonyl (C=O) groups is 2. The molecule has 2 fully saturated rings. The Balaban J connectivity index is 1.06. The van der Waals surface area contributed by atoms with E-state index in [0.717, 1.165) is 70.2 Å². The predicted octanol–water partition coefficient (Wildman–Crippen LogP) is 4.89. The maximum Gasteiger partial charge on any atom is 0.251 e. The average molecular weight is 479 g/mol. The zero-order valence-corrected chi connectivity index (χ0v) is 19.9. The second-order valence-corrected chi connectivity index (χ2v) is 9.50. The monoisotopic (exact) mass is 478 g/mol. The van der Waals surface area contributed by atoms with Crippen molar-refractivity contribution in [2.45, 2.75) is 51.0 Å². The quantitative estimate of drug-likeness (QED) is 0.453. The van der Waals surface area contributed by atoms with Crippen molar-refractivity contribution in [3.8, 4) is 11.5 Å². The van der Waals surface area contributed by atoms with Gasteiger partial charge in [0.15, 0.2) is 5.76 Å². The van der Waals surface area contributed by atoms with Gasteiger partial charge in [-0.2, -0.15) is 0 Å². The number of ether oxygens (including phenoxy) is 2. The molecule has 0 aromatic heterocycles. The van der Waals surface area contributed by atoms with Crippen LogP contribution >= 0.6 is 0 Å². The number of allylic oxidation sites excluding steroid dienone is 2. The molecule has 2 heterocycles. The largest absolute Gasteiger partial charge is 0.493 e. The number of amides is 1. The molecule has 3 aliphatic rings.